The Kier molecular flexibility index (Phi) is 7.02. The molecule has 1 amide bonds. The molecular formula is C24H32N2O3. The van der Waals surface area contributed by atoms with Gasteiger partial charge in [0.1, 0.15) is 11.5 Å². The molecule has 1 fully saturated rings. The number of nitrogens with one attached hydrogen (secondary N) is 1. The number of carbonyl (C=O) groups excluding carboxylic acids is 1. The highest BCUT2D eigenvalue weighted by Gasteiger charge is 2.19. The summed E-state index contributed by atoms with van der Waals surface area (Å²) in [5, 5.41) is 3.04. The number of ether oxygens (including phenoxy) is 2. The maximum Gasteiger partial charge on any atom is 0.261 e. The molecule has 0 aromatic heterocycles. The lowest BCUT2D eigenvalue weighted by Gasteiger charge is -2.33. The van der Waals surface area contributed by atoms with E-state index in [1.807, 2.05) is 19.1 Å². The summed E-state index contributed by atoms with van der Waals surface area (Å²) in [6, 6.07) is 15.7. The third kappa shape index (κ3) is 5.66. The maximum atomic E-state index is 12.5. The fourth-order valence-corrected chi connectivity index (χ4v) is 3.72. The van der Waals surface area contributed by atoms with Crippen LogP contribution in [0.3, 0.4) is 0 Å². The van der Waals surface area contributed by atoms with Gasteiger partial charge in [-0.2, -0.15) is 0 Å². The van der Waals surface area contributed by atoms with Gasteiger partial charge in [0.25, 0.3) is 5.91 Å². The summed E-state index contributed by atoms with van der Waals surface area (Å²) in [6.45, 7) is 8.30. The van der Waals surface area contributed by atoms with Crippen molar-refractivity contribution in [3.8, 4) is 11.5 Å². The molecule has 1 aliphatic rings. The van der Waals surface area contributed by atoms with Crippen LogP contribution in [0.2, 0.25) is 0 Å². The molecule has 0 aliphatic carbocycles. The summed E-state index contributed by atoms with van der Waals surface area (Å²) < 4.78 is 10.9. The first-order valence-electron chi connectivity index (χ1n) is 10.4. The molecule has 0 radical (unpaired) electrons. The summed E-state index contributed by atoms with van der Waals surface area (Å²) in [6.07, 6.45) is 1.98. The molecule has 1 N–H and O–H groups in total. The Morgan fingerprint density at radius 3 is 2.34 bits per heavy atom. The predicted molar refractivity (Wildman–Crippen MR) is 117 cm³/mol. The standard InChI is InChI=1S/C24H32N2O3/c1-17-6-5-15-26(16-17)21-9-7-20(8-10-21)18(2)25-24(27)19(3)29-23-13-11-22(28-4)12-14-23/h7-14,17-19H,5-6,15-16H2,1-4H3,(H,25,27). The first kappa shape index (κ1) is 21.0. The van der Waals surface area contributed by atoms with Gasteiger partial charge in [0, 0.05) is 18.8 Å². The molecule has 3 atom stereocenters. The van der Waals surface area contributed by atoms with Crippen molar-refractivity contribution in [1.29, 1.82) is 0 Å². The number of benzene rings is 2. The lowest BCUT2D eigenvalue weighted by Crippen LogP contribution is -2.37. The zero-order chi connectivity index (χ0) is 20.8. The molecule has 5 nitrogen and oxygen atoms in total. The third-order valence-corrected chi connectivity index (χ3v) is 5.52. The van der Waals surface area contributed by atoms with Gasteiger partial charge >= 0.3 is 0 Å². The van der Waals surface area contributed by atoms with Crippen LogP contribution < -0.4 is 19.7 Å². The molecule has 0 spiro atoms. The Morgan fingerprint density at radius 1 is 1.07 bits per heavy atom. The monoisotopic (exact) mass is 396 g/mol. The van der Waals surface area contributed by atoms with Crippen molar-refractivity contribution in [3.63, 3.8) is 0 Å². The molecule has 2 aromatic carbocycles. The van der Waals surface area contributed by atoms with Crippen LogP contribution in [-0.2, 0) is 4.79 Å². The van der Waals surface area contributed by atoms with Crippen LogP contribution in [0.25, 0.3) is 0 Å². The number of amides is 1. The van der Waals surface area contributed by atoms with Gasteiger partial charge in [-0.05, 0) is 74.6 Å². The van der Waals surface area contributed by atoms with Crippen molar-refractivity contribution in [2.45, 2.75) is 45.8 Å². The van der Waals surface area contributed by atoms with Gasteiger partial charge in [-0.1, -0.05) is 19.1 Å². The van der Waals surface area contributed by atoms with Gasteiger partial charge in [0.2, 0.25) is 0 Å². The van der Waals surface area contributed by atoms with Gasteiger partial charge in [-0.25, -0.2) is 0 Å². The Labute approximate surface area is 174 Å². The molecule has 5 heteroatoms. The molecule has 2 aromatic rings. The summed E-state index contributed by atoms with van der Waals surface area (Å²) in [4.78, 5) is 15.0. The zero-order valence-corrected chi connectivity index (χ0v) is 17.9. The maximum absolute atomic E-state index is 12.5. The highest BCUT2D eigenvalue weighted by atomic mass is 16.5. The third-order valence-electron chi connectivity index (χ3n) is 5.52. The first-order chi connectivity index (χ1) is 14.0. The molecule has 29 heavy (non-hydrogen) atoms. The molecule has 1 saturated heterocycles. The second-order valence-electron chi connectivity index (χ2n) is 7.95. The molecule has 3 rings (SSSR count). The fourth-order valence-electron chi connectivity index (χ4n) is 3.72. The quantitative estimate of drug-likeness (QED) is 0.744. The van der Waals surface area contributed by atoms with Crippen LogP contribution in [0.1, 0.15) is 45.2 Å². The van der Waals surface area contributed by atoms with E-state index >= 15 is 0 Å². The van der Waals surface area contributed by atoms with Crippen LogP contribution in [0.4, 0.5) is 5.69 Å². The average molecular weight is 397 g/mol. The molecule has 156 valence electrons. The second-order valence-corrected chi connectivity index (χ2v) is 7.95. The Morgan fingerprint density at radius 2 is 1.72 bits per heavy atom. The smallest absolute Gasteiger partial charge is 0.261 e. The van der Waals surface area contributed by atoms with Crippen LogP contribution in [0.15, 0.2) is 48.5 Å². The van der Waals surface area contributed by atoms with Crippen molar-refractivity contribution in [2.75, 3.05) is 25.1 Å². The van der Waals surface area contributed by atoms with Crippen molar-refractivity contribution >= 4 is 11.6 Å². The number of hydrogen-bond donors (Lipinski definition) is 1. The summed E-state index contributed by atoms with van der Waals surface area (Å²) >= 11 is 0. The average Bonchev–Trinajstić information content (AvgIpc) is 2.74. The van der Waals surface area contributed by atoms with E-state index in [9.17, 15) is 4.79 Å². The minimum atomic E-state index is -0.583. The van der Waals surface area contributed by atoms with Crippen molar-refractivity contribution in [1.82, 2.24) is 5.32 Å². The Balaban J connectivity index is 1.54. The molecule has 0 saturated carbocycles. The number of nitrogens with zero attached hydrogens (tertiary/aromatic N) is 1. The van der Waals surface area contributed by atoms with E-state index in [0.29, 0.717) is 5.75 Å². The first-order valence-corrected chi connectivity index (χ1v) is 10.4. The van der Waals surface area contributed by atoms with E-state index < -0.39 is 6.10 Å². The highest BCUT2D eigenvalue weighted by Crippen LogP contribution is 2.25. The zero-order valence-electron chi connectivity index (χ0n) is 17.9. The van der Waals surface area contributed by atoms with Crippen LogP contribution in [0, 0.1) is 5.92 Å². The lowest BCUT2D eigenvalue weighted by atomic mass is 9.99. The van der Waals surface area contributed by atoms with E-state index in [4.69, 9.17) is 9.47 Å². The second kappa shape index (κ2) is 9.68. The molecular weight excluding hydrogens is 364 g/mol. The number of carbonyl (C=O) groups is 1. The Bertz CT molecular complexity index is 789. The van der Waals surface area contributed by atoms with Gasteiger partial charge in [-0.15, -0.1) is 0 Å². The minimum Gasteiger partial charge on any atom is -0.497 e. The normalized spacial score (nSPS) is 18.6. The van der Waals surface area contributed by atoms with Gasteiger partial charge in [-0.3, -0.25) is 4.79 Å². The summed E-state index contributed by atoms with van der Waals surface area (Å²) in [5.41, 5.74) is 2.35. The van der Waals surface area contributed by atoms with Gasteiger partial charge in [0.15, 0.2) is 6.10 Å². The number of methoxy groups -OCH3 is 1. The fraction of sp³-hybridized carbons (Fsp3) is 0.458. The molecule has 3 unspecified atom stereocenters. The van der Waals surface area contributed by atoms with Crippen molar-refractivity contribution < 1.29 is 14.3 Å². The Hall–Kier alpha value is -2.69. The van der Waals surface area contributed by atoms with E-state index in [1.54, 1.807) is 26.2 Å². The summed E-state index contributed by atoms with van der Waals surface area (Å²) in [7, 11) is 1.62. The largest absolute Gasteiger partial charge is 0.497 e. The van der Waals surface area contributed by atoms with Gasteiger partial charge in [0.05, 0.1) is 13.2 Å². The number of piperidine rings is 1. The highest BCUT2D eigenvalue weighted by molar-refractivity contribution is 5.81. The molecule has 0 bridgehead atoms. The van der Waals surface area contributed by atoms with Crippen molar-refractivity contribution in [2.24, 2.45) is 5.92 Å². The van der Waals surface area contributed by atoms with E-state index in [2.05, 4.69) is 41.4 Å². The lowest BCUT2D eigenvalue weighted by molar-refractivity contribution is -0.127. The van der Waals surface area contributed by atoms with Crippen molar-refractivity contribution in [3.05, 3.63) is 54.1 Å². The topological polar surface area (TPSA) is 50.8 Å². The van der Waals surface area contributed by atoms with Crippen LogP contribution in [-0.4, -0.2) is 32.2 Å². The summed E-state index contributed by atoms with van der Waals surface area (Å²) in [5.74, 6) is 2.00. The van der Waals surface area contributed by atoms with E-state index in [-0.39, 0.29) is 11.9 Å². The number of rotatable bonds is 7. The predicted octanol–water partition coefficient (Wildman–Crippen LogP) is 4.58. The van der Waals surface area contributed by atoms with Crippen LogP contribution >= 0.6 is 0 Å². The van der Waals surface area contributed by atoms with E-state index in [1.165, 1.54) is 18.5 Å². The SMILES string of the molecule is COc1ccc(OC(C)C(=O)NC(C)c2ccc(N3CCCC(C)C3)cc2)cc1. The number of anilines is 1. The van der Waals surface area contributed by atoms with Crippen LogP contribution in [0.5, 0.6) is 11.5 Å². The number of hydrogen-bond acceptors (Lipinski definition) is 4. The molecule has 1 aliphatic heterocycles. The molecule has 1 heterocycles. The van der Waals surface area contributed by atoms with Gasteiger partial charge < -0.3 is 19.7 Å². The van der Waals surface area contributed by atoms with E-state index in [0.717, 1.165) is 30.3 Å². The minimum absolute atomic E-state index is 0.0845.